The molecule has 1 N–H and O–H groups in total. The molecule has 0 fully saturated rings. The quantitative estimate of drug-likeness (QED) is 0.294. The van der Waals surface area contributed by atoms with Gasteiger partial charge >= 0.3 is 11.6 Å². The highest BCUT2D eigenvalue weighted by molar-refractivity contribution is 7.21. The van der Waals surface area contributed by atoms with E-state index in [1.54, 1.807) is 24.3 Å². The molecule has 0 saturated heterocycles. The molecule has 3 aromatic carbocycles. The highest BCUT2D eigenvalue weighted by Gasteiger charge is 2.24. The number of rotatable bonds is 6. The Balaban J connectivity index is 1.89. The van der Waals surface area contributed by atoms with Crippen LogP contribution >= 0.6 is 11.3 Å². The van der Waals surface area contributed by atoms with Gasteiger partial charge in [-0.3, -0.25) is 0 Å². The largest absolute Gasteiger partial charge is 0.478 e. The maximum absolute atomic E-state index is 13.4. The van der Waals surface area contributed by atoms with Crippen molar-refractivity contribution in [1.29, 1.82) is 0 Å². The van der Waals surface area contributed by atoms with Crippen LogP contribution in [0.25, 0.3) is 42.9 Å². The molecule has 0 aliphatic rings. The number of aromatic nitrogens is 1. The molecule has 2 aromatic heterocycles. The lowest BCUT2D eigenvalue weighted by Gasteiger charge is -2.21. The molecule has 0 spiro atoms. The number of nitrogens with zero attached hydrogens (tertiary/aromatic N) is 2. The first-order chi connectivity index (χ1) is 16.5. The van der Waals surface area contributed by atoms with Gasteiger partial charge in [0.05, 0.1) is 15.8 Å². The fourth-order valence-corrected chi connectivity index (χ4v) is 5.32. The molecule has 0 bridgehead atoms. The molecule has 2 heterocycles. The van der Waals surface area contributed by atoms with Crippen LogP contribution in [0.15, 0.2) is 75.9 Å². The number of anilines is 1. The second-order valence-electron chi connectivity index (χ2n) is 7.83. The molecule has 0 saturated carbocycles. The van der Waals surface area contributed by atoms with Crippen molar-refractivity contribution in [2.45, 2.75) is 13.8 Å². The molecule has 0 aliphatic carbocycles. The smallest absolute Gasteiger partial charge is 0.347 e. The van der Waals surface area contributed by atoms with Crippen LogP contribution in [0.1, 0.15) is 24.2 Å². The third-order valence-electron chi connectivity index (χ3n) is 5.95. The molecule has 0 radical (unpaired) electrons. The van der Waals surface area contributed by atoms with E-state index in [0.29, 0.717) is 27.1 Å². The van der Waals surface area contributed by atoms with Crippen molar-refractivity contribution in [2.24, 2.45) is 0 Å². The van der Waals surface area contributed by atoms with Crippen LogP contribution in [-0.4, -0.2) is 29.1 Å². The second-order valence-corrected chi connectivity index (χ2v) is 8.86. The lowest BCUT2D eigenvalue weighted by molar-refractivity contribution is 0.0697. The van der Waals surface area contributed by atoms with Gasteiger partial charge in [0.25, 0.3) is 0 Å². The molecule has 0 aliphatic heterocycles. The molecule has 0 unspecified atom stereocenters. The van der Waals surface area contributed by atoms with Gasteiger partial charge in [-0.2, -0.15) is 0 Å². The molecule has 170 valence electrons. The Morgan fingerprint density at radius 1 is 1.00 bits per heavy atom. The van der Waals surface area contributed by atoms with Gasteiger partial charge in [0.1, 0.15) is 16.2 Å². The number of para-hydroxylation sites is 1. The van der Waals surface area contributed by atoms with E-state index >= 15 is 0 Å². The van der Waals surface area contributed by atoms with Gasteiger partial charge < -0.3 is 14.4 Å². The van der Waals surface area contributed by atoms with E-state index in [1.165, 1.54) is 11.3 Å². The first-order valence-corrected chi connectivity index (χ1v) is 11.9. The predicted octanol–water partition coefficient (Wildman–Crippen LogP) is 6.28. The van der Waals surface area contributed by atoms with Crippen molar-refractivity contribution in [3.05, 3.63) is 82.7 Å². The van der Waals surface area contributed by atoms with Crippen LogP contribution in [0, 0.1) is 0 Å². The van der Waals surface area contributed by atoms with E-state index in [0.717, 1.165) is 29.0 Å². The Morgan fingerprint density at radius 3 is 2.47 bits per heavy atom. The molecule has 0 atom stereocenters. The zero-order chi connectivity index (χ0) is 23.8. The van der Waals surface area contributed by atoms with E-state index in [-0.39, 0.29) is 11.1 Å². The number of carbonyl (C=O) groups is 1. The number of aromatic carboxylic acids is 1. The van der Waals surface area contributed by atoms with Crippen molar-refractivity contribution in [3.8, 4) is 21.7 Å². The van der Waals surface area contributed by atoms with Crippen molar-refractivity contribution >= 4 is 44.2 Å². The van der Waals surface area contributed by atoms with Crippen LogP contribution in [-0.2, 0) is 0 Å². The molecule has 0 amide bonds. The summed E-state index contributed by atoms with van der Waals surface area (Å²) in [5, 5.41) is 11.1. The predicted molar refractivity (Wildman–Crippen MR) is 137 cm³/mol. The van der Waals surface area contributed by atoms with E-state index in [4.69, 9.17) is 4.42 Å². The summed E-state index contributed by atoms with van der Waals surface area (Å²) in [7, 11) is 0. The lowest BCUT2D eigenvalue weighted by Crippen LogP contribution is -2.21. The van der Waals surface area contributed by atoms with Crippen LogP contribution in [0.2, 0.25) is 0 Å². The fraction of sp³-hybridized carbons (Fsp3) is 0.148. The Morgan fingerprint density at radius 2 is 1.74 bits per heavy atom. The molecule has 34 heavy (non-hydrogen) atoms. The Labute approximate surface area is 199 Å². The number of thiazole rings is 1. The highest BCUT2D eigenvalue weighted by Crippen LogP contribution is 2.40. The molecule has 7 heteroatoms. The first-order valence-electron chi connectivity index (χ1n) is 11.1. The minimum atomic E-state index is -1.06. The normalized spacial score (nSPS) is 11.2. The summed E-state index contributed by atoms with van der Waals surface area (Å²) in [6.07, 6.45) is 0. The summed E-state index contributed by atoms with van der Waals surface area (Å²) in [4.78, 5) is 32.4. The number of carboxylic acids is 1. The SMILES string of the molecule is CCN(CC)c1ccc2c(-c3ccccc3C(=O)O)c(-c3nc4ccccc4s3)c(=O)oc2c1. The van der Waals surface area contributed by atoms with Crippen LogP contribution < -0.4 is 10.5 Å². The molecular formula is C27H22N2O4S. The second kappa shape index (κ2) is 8.76. The third kappa shape index (κ3) is 3.64. The summed E-state index contributed by atoms with van der Waals surface area (Å²) in [5.41, 5.74) is 2.95. The zero-order valence-electron chi connectivity index (χ0n) is 18.7. The average Bonchev–Trinajstić information content (AvgIpc) is 3.27. The summed E-state index contributed by atoms with van der Waals surface area (Å²) >= 11 is 1.38. The van der Waals surface area contributed by atoms with E-state index in [9.17, 15) is 14.7 Å². The van der Waals surface area contributed by atoms with Gasteiger partial charge in [-0.25, -0.2) is 14.6 Å². The van der Waals surface area contributed by atoms with Gasteiger partial charge in [0.15, 0.2) is 0 Å². The number of fused-ring (bicyclic) bond motifs is 2. The van der Waals surface area contributed by atoms with Gasteiger partial charge in [-0.15, -0.1) is 11.3 Å². The van der Waals surface area contributed by atoms with Gasteiger partial charge in [-0.1, -0.05) is 30.3 Å². The number of carboxylic acid groups (broad SMARTS) is 1. The first kappa shape index (κ1) is 21.9. The minimum Gasteiger partial charge on any atom is -0.478 e. The van der Waals surface area contributed by atoms with E-state index in [2.05, 4.69) is 23.7 Å². The third-order valence-corrected chi connectivity index (χ3v) is 7.01. The topological polar surface area (TPSA) is 83.6 Å². The molecule has 5 aromatic rings. The van der Waals surface area contributed by atoms with Crippen molar-refractivity contribution in [3.63, 3.8) is 0 Å². The fourth-order valence-electron chi connectivity index (χ4n) is 4.32. The van der Waals surface area contributed by atoms with Gasteiger partial charge in [0.2, 0.25) is 0 Å². The van der Waals surface area contributed by atoms with Gasteiger partial charge in [-0.05, 0) is 49.7 Å². The van der Waals surface area contributed by atoms with Crippen molar-refractivity contribution in [1.82, 2.24) is 4.98 Å². The lowest BCUT2D eigenvalue weighted by atomic mass is 9.93. The summed E-state index contributed by atoms with van der Waals surface area (Å²) in [6.45, 7) is 5.75. The van der Waals surface area contributed by atoms with Crippen LogP contribution in [0.5, 0.6) is 0 Å². The number of benzene rings is 3. The van der Waals surface area contributed by atoms with Crippen LogP contribution in [0.4, 0.5) is 5.69 Å². The maximum Gasteiger partial charge on any atom is 0.347 e. The van der Waals surface area contributed by atoms with Crippen LogP contribution in [0.3, 0.4) is 0 Å². The Hall–Kier alpha value is -3.97. The van der Waals surface area contributed by atoms with Crippen molar-refractivity contribution < 1.29 is 14.3 Å². The molecule has 5 rings (SSSR count). The molecule has 6 nitrogen and oxygen atoms in total. The van der Waals surface area contributed by atoms with Gasteiger partial charge in [0, 0.05) is 35.8 Å². The van der Waals surface area contributed by atoms with Crippen molar-refractivity contribution in [2.75, 3.05) is 18.0 Å². The summed E-state index contributed by atoms with van der Waals surface area (Å²) < 4.78 is 6.76. The average molecular weight is 471 g/mol. The highest BCUT2D eigenvalue weighted by atomic mass is 32.1. The monoisotopic (exact) mass is 470 g/mol. The maximum atomic E-state index is 13.4. The minimum absolute atomic E-state index is 0.115. The Kier molecular flexibility index (Phi) is 5.63. The zero-order valence-corrected chi connectivity index (χ0v) is 19.6. The Bertz CT molecular complexity index is 1560. The van der Waals surface area contributed by atoms with E-state index < -0.39 is 11.6 Å². The summed E-state index contributed by atoms with van der Waals surface area (Å²) in [5.74, 6) is -1.06. The summed E-state index contributed by atoms with van der Waals surface area (Å²) in [6, 6.07) is 20.1. The van der Waals surface area contributed by atoms with E-state index in [1.807, 2.05) is 42.5 Å². The number of hydrogen-bond acceptors (Lipinski definition) is 6. The standard InChI is InChI=1S/C27H22N2O4S/c1-3-29(4-2)16-13-14-19-21(15-16)33-27(32)24(25-28-20-11-7-8-12-22(20)34-25)23(19)17-9-5-6-10-18(17)26(30)31/h5-15H,3-4H2,1-2H3,(H,30,31). The number of hydrogen-bond donors (Lipinski definition) is 1. The molecular weight excluding hydrogens is 448 g/mol.